The monoisotopic (exact) mass is 287 g/mol. The van der Waals surface area contributed by atoms with Gasteiger partial charge in [0.05, 0.1) is 23.3 Å². The summed E-state index contributed by atoms with van der Waals surface area (Å²) in [7, 11) is 0. The van der Waals surface area contributed by atoms with Crippen LogP contribution in [0, 0.1) is 0 Å². The second-order valence-electron chi connectivity index (χ2n) is 4.81. The van der Waals surface area contributed by atoms with E-state index in [0.717, 1.165) is 22.2 Å². The van der Waals surface area contributed by atoms with Gasteiger partial charge in [-0.3, -0.25) is 9.89 Å². The molecule has 20 heavy (non-hydrogen) atoms. The SMILES string of the molecule is O=C1CC(c2ccc(Cl)o2)c2ccc3[nH]ncc3c2N1. The molecule has 1 aliphatic rings. The highest BCUT2D eigenvalue weighted by Crippen LogP contribution is 2.41. The van der Waals surface area contributed by atoms with Crippen LogP contribution < -0.4 is 5.32 Å². The molecule has 2 N–H and O–H groups in total. The van der Waals surface area contributed by atoms with Crippen LogP contribution in [0.1, 0.15) is 23.7 Å². The average molecular weight is 288 g/mol. The Labute approximate surface area is 118 Å². The number of amides is 1. The van der Waals surface area contributed by atoms with Crippen molar-refractivity contribution in [1.29, 1.82) is 0 Å². The van der Waals surface area contributed by atoms with E-state index in [1.165, 1.54) is 0 Å². The molecule has 0 saturated carbocycles. The van der Waals surface area contributed by atoms with E-state index >= 15 is 0 Å². The summed E-state index contributed by atoms with van der Waals surface area (Å²) >= 11 is 5.84. The van der Waals surface area contributed by atoms with Gasteiger partial charge in [0.25, 0.3) is 0 Å². The first kappa shape index (κ1) is 11.5. The number of aromatic nitrogens is 2. The second-order valence-corrected chi connectivity index (χ2v) is 5.18. The molecule has 1 unspecified atom stereocenters. The number of halogens is 1. The molecule has 5 nitrogen and oxygen atoms in total. The molecular weight excluding hydrogens is 278 g/mol. The zero-order valence-electron chi connectivity index (χ0n) is 10.3. The van der Waals surface area contributed by atoms with Crippen molar-refractivity contribution in [3.8, 4) is 0 Å². The molecule has 100 valence electrons. The van der Waals surface area contributed by atoms with E-state index in [1.54, 1.807) is 12.3 Å². The molecule has 1 aromatic carbocycles. The van der Waals surface area contributed by atoms with E-state index in [2.05, 4.69) is 15.5 Å². The Morgan fingerprint density at radius 1 is 1.30 bits per heavy atom. The van der Waals surface area contributed by atoms with Crippen molar-refractivity contribution in [2.75, 3.05) is 5.32 Å². The number of anilines is 1. The number of hydrogen-bond acceptors (Lipinski definition) is 3. The third kappa shape index (κ3) is 1.63. The van der Waals surface area contributed by atoms with Crippen LogP contribution in [-0.2, 0) is 4.79 Å². The molecule has 0 spiro atoms. The number of rotatable bonds is 1. The molecule has 0 aliphatic carbocycles. The molecule has 0 fully saturated rings. The van der Waals surface area contributed by atoms with Gasteiger partial charge in [0.15, 0.2) is 5.22 Å². The predicted octanol–water partition coefficient (Wildman–Crippen LogP) is 3.28. The summed E-state index contributed by atoms with van der Waals surface area (Å²) in [6.45, 7) is 0. The number of hydrogen-bond donors (Lipinski definition) is 2. The van der Waals surface area contributed by atoms with Crippen LogP contribution >= 0.6 is 11.6 Å². The summed E-state index contributed by atoms with van der Waals surface area (Å²) in [6, 6.07) is 7.45. The molecule has 1 atom stereocenters. The standard InChI is InChI=1S/C14H10ClN3O2/c15-12-4-3-11(20-12)8-5-13(19)17-14-7(8)1-2-10-9(14)6-16-18-10/h1-4,6,8H,5H2,(H,16,18)(H,17,19). The number of carbonyl (C=O) groups is 1. The van der Waals surface area contributed by atoms with Gasteiger partial charge in [0.2, 0.25) is 5.91 Å². The Kier molecular flexibility index (Phi) is 2.37. The molecule has 0 bridgehead atoms. The van der Waals surface area contributed by atoms with Gasteiger partial charge < -0.3 is 9.73 Å². The third-order valence-corrected chi connectivity index (χ3v) is 3.83. The lowest BCUT2D eigenvalue weighted by Gasteiger charge is -2.24. The fourth-order valence-corrected chi connectivity index (χ4v) is 2.87. The van der Waals surface area contributed by atoms with Gasteiger partial charge in [0.1, 0.15) is 5.76 Å². The summed E-state index contributed by atoms with van der Waals surface area (Å²) in [5.41, 5.74) is 2.71. The van der Waals surface area contributed by atoms with Gasteiger partial charge in [-0.25, -0.2) is 0 Å². The van der Waals surface area contributed by atoms with Crippen LogP contribution in [-0.4, -0.2) is 16.1 Å². The quantitative estimate of drug-likeness (QED) is 0.721. The normalized spacial score (nSPS) is 18.1. The molecule has 1 aliphatic heterocycles. The minimum absolute atomic E-state index is 0.0382. The fourth-order valence-electron chi connectivity index (χ4n) is 2.72. The topological polar surface area (TPSA) is 70.9 Å². The number of benzene rings is 1. The maximum Gasteiger partial charge on any atom is 0.225 e. The van der Waals surface area contributed by atoms with Crippen molar-refractivity contribution in [1.82, 2.24) is 10.2 Å². The van der Waals surface area contributed by atoms with E-state index in [4.69, 9.17) is 16.0 Å². The van der Waals surface area contributed by atoms with Gasteiger partial charge in [-0.05, 0) is 35.4 Å². The molecule has 6 heteroatoms. The van der Waals surface area contributed by atoms with Gasteiger partial charge in [-0.15, -0.1) is 0 Å². The van der Waals surface area contributed by atoms with Gasteiger partial charge in [0, 0.05) is 11.8 Å². The fraction of sp³-hybridized carbons (Fsp3) is 0.143. The van der Waals surface area contributed by atoms with Crippen molar-refractivity contribution in [3.63, 3.8) is 0 Å². The highest BCUT2D eigenvalue weighted by atomic mass is 35.5. The van der Waals surface area contributed by atoms with Crippen LogP contribution in [0.4, 0.5) is 5.69 Å². The Morgan fingerprint density at radius 3 is 3.00 bits per heavy atom. The zero-order valence-corrected chi connectivity index (χ0v) is 11.1. The van der Waals surface area contributed by atoms with Crippen LogP contribution in [0.25, 0.3) is 10.9 Å². The smallest absolute Gasteiger partial charge is 0.225 e. The number of nitrogens with one attached hydrogen (secondary N) is 2. The van der Waals surface area contributed by atoms with Crippen LogP contribution in [0.2, 0.25) is 5.22 Å². The highest BCUT2D eigenvalue weighted by Gasteiger charge is 2.30. The molecule has 2 aromatic heterocycles. The van der Waals surface area contributed by atoms with Crippen LogP contribution in [0.5, 0.6) is 0 Å². The Hall–Kier alpha value is -2.27. The zero-order chi connectivity index (χ0) is 13.7. The van der Waals surface area contributed by atoms with Crippen molar-refractivity contribution < 1.29 is 9.21 Å². The summed E-state index contributed by atoms with van der Waals surface area (Å²) in [5.74, 6) is 0.545. The van der Waals surface area contributed by atoms with Gasteiger partial charge in [-0.2, -0.15) is 5.10 Å². The van der Waals surface area contributed by atoms with Crippen molar-refractivity contribution >= 4 is 34.1 Å². The highest BCUT2D eigenvalue weighted by molar-refractivity contribution is 6.28. The van der Waals surface area contributed by atoms with Crippen molar-refractivity contribution in [3.05, 3.63) is 47.0 Å². The molecule has 3 heterocycles. The van der Waals surface area contributed by atoms with Gasteiger partial charge >= 0.3 is 0 Å². The first-order chi connectivity index (χ1) is 9.72. The van der Waals surface area contributed by atoms with E-state index in [0.29, 0.717) is 17.4 Å². The summed E-state index contributed by atoms with van der Waals surface area (Å²) in [4.78, 5) is 12.0. The minimum Gasteiger partial charge on any atom is -0.449 e. The van der Waals surface area contributed by atoms with E-state index in [-0.39, 0.29) is 11.8 Å². The number of fused-ring (bicyclic) bond motifs is 3. The lowest BCUT2D eigenvalue weighted by atomic mass is 9.87. The van der Waals surface area contributed by atoms with Crippen molar-refractivity contribution in [2.45, 2.75) is 12.3 Å². The van der Waals surface area contributed by atoms with Crippen LogP contribution in [0.3, 0.4) is 0 Å². The largest absolute Gasteiger partial charge is 0.449 e. The number of H-pyrrole nitrogens is 1. The third-order valence-electron chi connectivity index (χ3n) is 3.62. The molecule has 1 amide bonds. The van der Waals surface area contributed by atoms with Crippen molar-refractivity contribution in [2.24, 2.45) is 0 Å². The van der Waals surface area contributed by atoms with E-state index in [9.17, 15) is 4.79 Å². The van der Waals surface area contributed by atoms with Crippen LogP contribution in [0.15, 0.2) is 34.9 Å². The lowest BCUT2D eigenvalue weighted by Crippen LogP contribution is -2.23. The first-order valence-electron chi connectivity index (χ1n) is 6.23. The molecule has 3 aromatic rings. The van der Waals surface area contributed by atoms with E-state index < -0.39 is 0 Å². The summed E-state index contributed by atoms with van der Waals surface area (Å²) in [6.07, 6.45) is 2.06. The minimum atomic E-state index is -0.120. The summed E-state index contributed by atoms with van der Waals surface area (Å²) in [5, 5.41) is 11.1. The lowest BCUT2D eigenvalue weighted by molar-refractivity contribution is -0.116. The predicted molar refractivity (Wildman–Crippen MR) is 74.9 cm³/mol. The Bertz CT molecular complexity index is 821. The Balaban J connectivity index is 1.94. The second kappa shape index (κ2) is 4.11. The summed E-state index contributed by atoms with van der Waals surface area (Å²) < 4.78 is 5.48. The number of carbonyl (C=O) groups excluding carboxylic acids is 1. The first-order valence-corrected chi connectivity index (χ1v) is 6.61. The molecule has 0 radical (unpaired) electrons. The number of aromatic amines is 1. The maximum atomic E-state index is 12.0. The molecule has 4 rings (SSSR count). The van der Waals surface area contributed by atoms with E-state index in [1.807, 2.05) is 18.2 Å². The molecule has 0 saturated heterocycles. The molecular formula is C14H10ClN3O2. The average Bonchev–Trinajstić information content (AvgIpc) is 3.06. The maximum absolute atomic E-state index is 12.0. The number of furan rings is 1. The number of nitrogens with zero attached hydrogens (tertiary/aromatic N) is 1. The Morgan fingerprint density at radius 2 is 2.20 bits per heavy atom. The van der Waals surface area contributed by atoms with Gasteiger partial charge in [-0.1, -0.05) is 6.07 Å².